The molecule has 0 aliphatic carbocycles. The lowest BCUT2D eigenvalue weighted by molar-refractivity contribution is -0.142. The molecule has 0 aliphatic heterocycles. The van der Waals surface area contributed by atoms with Crippen LogP contribution >= 0.6 is 0 Å². The monoisotopic (exact) mass is 510 g/mol. The lowest BCUT2D eigenvalue weighted by Crippen LogP contribution is -2.54. The minimum atomic E-state index is -0.795. The van der Waals surface area contributed by atoms with E-state index in [0.29, 0.717) is 18.4 Å². The van der Waals surface area contributed by atoms with E-state index in [9.17, 15) is 14.0 Å². The molecule has 1 N–H and O–H groups in total. The number of nitrogens with zero attached hydrogens (tertiary/aromatic N) is 1. The van der Waals surface area contributed by atoms with Crippen molar-refractivity contribution in [3.05, 3.63) is 120 Å². The number of carbonyl (C=O) groups excluding carboxylic acids is 2. The molecule has 4 aromatic rings. The number of benzene rings is 4. The van der Waals surface area contributed by atoms with Crippen molar-refractivity contribution in [2.75, 3.05) is 0 Å². The van der Waals surface area contributed by atoms with Crippen molar-refractivity contribution in [3.63, 3.8) is 0 Å². The third-order valence-corrected chi connectivity index (χ3v) is 6.56. The molecule has 0 aromatic heterocycles. The molecule has 0 fully saturated rings. The quantitative estimate of drug-likeness (QED) is 0.281. The van der Waals surface area contributed by atoms with Gasteiger partial charge in [0.05, 0.1) is 0 Å². The fraction of sp³-hybridized carbons (Fsp3) is 0.273. The highest BCUT2D eigenvalue weighted by Gasteiger charge is 2.32. The Morgan fingerprint density at radius 2 is 1.45 bits per heavy atom. The number of hydrogen-bond acceptors (Lipinski definition) is 2. The highest BCUT2D eigenvalue weighted by molar-refractivity contribution is 5.89. The summed E-state index contributed by atoms with van der Waals surface area (Å²) in [7, 11) is 0. The van der Waals surface area contributed by atoms with Gasteiger partial charge in [0, 0.05) is 30.5 Å². The van der Waals surface area contributed by atoms with Crippen LogP contribution in [-0.2, 0) is 29.0 Å². The maximum atomic E-state index is 14.8. The van der Waals surface area contributed by atoms with Gasteiger partial charge in [0.2, 0.25) is 11.8 Å². The second-order valence-corrected chi connectivity index (χ2v) is 10.7. The fourth-order valence-electron chi connectivity index (χ4n) is 4.71. The highest BCUT2D eigenvalue weighted by Crippen LogP contribution is 2.22. The van der Waals surface area contributed by atoms with Crippen molar-refractivity contribution < 1.29 is 14.0 Å². The van der Waals surface area contributed by atoms with E-state index in [4.69, 9.17) is 0 Å². The molecule has 0 heterocycles. The molecule has 1 atom stereocenters. The van der Waals surface area contributed by atoms with Crippen molar-refractivity contribution in [1.29, 1.82) is 0 Å². The number of carbonyl (C=O) groups is 2. The molecule has 0 saturated heterocycles. The Bertz CT molecular complexity index is 1390. The minimum absolute atomic E-state index is 0.0100. The van der Waals surface area contributed by atoms with E-state index < -0.39 is 17.4 Å². The summed E-state index contributed by atoms with van der Waals surface area (Å²) in [6, 6.07) is 29.4. The van der Waals surface area contributed by atoms with Crippen LogP contribution in [0.2, 0.25) is 0 Å². The van der Waals surface area contributed by atoms with Crippen molar-refractivity contribution in [3.8, 4) is 0 Å². The van der Waals surface area contributed by atoms with Crippen molar-refractivity contribution >= 4 is 22.6 Å². The van der Waals surface area contributed by atoms with Gasteiger partial charge in [-0.15, -0.1) is 0 Å². The van der Waals surface area contributed by atoms with E-state index in [1.54, 1.807) is 23.1 Å². The highest BCUT2D eigenvalue weighted by atomic mass is 19.1. The number of fused-ring (bicyclic) bond motifs is 1. The molecule has 0 spiro atoms. The summed E-state index contributed by atoms with van der Waals surface area (Å²) >= 11 is 0. The van der Waals surface area contributed by atoms with Gasteiger partial charge in [-0.05, 0) is 55.2 Å². The Hall–Kier alpha value is -3.99. The molecule has 196 valence electrons. The van der Waals surface area contributed by atoms with Crippen LogP contribution in [0.25, 0.3) is 10.8 Å². The first-order valence-electron chi connectivity index (χ1n) is 13.1. The van der Waals surface area contributed by atoms with Crippen LogP contribution in [0, 0.1) is 5.82 Å². The Balaban J connectivity index is 1.67. The summed E-state index contributed by atoms with van der Waals surface area (Å²) in [6.07, 6.45) is 1.06. The number of halogens is 1. The summed E-state index contributed by atoms with van der Waals surface area (Å²) in [6.45, 7) is 5.74. The predicted molar refractivity (Wildman–Crippen MR) is 151 cm³/mol. The zero-order chi connectivity index (χ0) is 27.1. The Morgan fingerprint density at radius 3 is 2.18 bits per heavy atom. The number of rotatable bonds is 9. The Morgan fingerprint density at radius 1 is 0.816 bits per heavy atom. The average molecular weight is 511 g/mol. The molecule has 0 bridgehead atoms. The first kappa shape index (κ1) is 27.1. The number of hydrogen-bond donors (Lipinski definition) is 1. The zero-order valence-electron chi connectivity index (χ0n) is 22.3. The van der Waals surface area contributed by atoms with E-state index in [1.807, 2.05) is 75.4 Å². The zero-order valence-corrected chi connectivity index (χ0v) is 22.3. The maximum Gasteiger partial charge on any atom is 0.243 e. The SMILES string of the molecule is CC(C)(C)NC(=O)C(Cc1ccccc1)N(Cc1ccccc1F)C(=O)CCc1cccc2ccccc12. The van der Waals surface area contributed by atoms with Crippen molar-refractivity contribution in [1.82, 2.24) is 10.2 Å². The lowest BCUT2D eigenvalue weighted by Gasteiger charge is -2.34. The third-order valence-electron chi connectivity index (χ3n) is 6.56. The van der Waals surface area contributed by atoms with Gasteiger partial charge in [-0.1, -0.05) is 91.0 Å². The predicted octanol–water partition coefficient (Wildman–Crippen LogP) is 6.47. The molecule has 4 rings (SSSR count). The Kier molecular flexibility index (Phi) is 8.57. The van der Waals surface area contributed by atoms with Gasteiger partial charge >= 0.3 is 0 Å². The van der Waals surface area contributed by atoms with E-state index in [0.717, 1.165) is 21.9 Å². The van der Waals surface area contributed by atoms with E-state index in [2.05, 4.69) is 23.5 Å². The lowest BCUT2D eigenvalue weighted by atomic mass is 9.98. The fourth-order valence-corrected chi connectivity index (χ4v) is 4.71. The normalized spacial score (nSPS) is 12.2. The minimum Gasteiger partial charge on any atom is -0.350 e. The number of nitrogens with one attached hydrogen (secondary N) is 1. The molecule has 4 aromatic carbocycles. The first-order valence-corrected chi connectivity index (χ1v) is 13.1. The van der Waals surface area contributed by atoms with Crippen LogP contribution in [-0.4, -0.2) is 28.3 Å². The van der Waals surface area contributed by atoms with Crippen molar-refractivity contribution in [2.45, 2.75) is 58.2 Å². The first-order chi connectivity index (χ1) is 18.2. The van der Waals surface area contributed by atoms with Crippen LogP contribution in [0.5, 0.6) is 0 Å². The summed E-state index contributed by atoms with van der Waals surface area (Å²) < 4.78 is 14.8. The summed E-state index contributed by atoms with van der Waals surface area (Å²) in [5.41, 5.74) is 1.90. The van der Waals surface area contributed by atoms with Gasteiger partial charge in [-0.2, -0.15) is 0 Å². The molecule has 5 heteroatoms. The van der Waals surface area contributed by atoms with Gasteiger partial charge in [-0.3, -0.25) is 9.59 Å². The molecular weight excluding hydrogens is 475 g/mol. The third kappa shape index (κ3) is 7.06. The molecular formula is C33H35FN2O2. The van der Waals surface area contributed by atoms with Crippen LogP contribution < -0.4 is 5.32 Å². The average Bonchev–Trinajstić information content (AvgIpc) is 2.90. The molecule has 4 nitrogen and oxygen atoms in total. The molecule has 0 radical (unpaired) electrons. The van der Waals surface area contributed by atoms with E-state index >= 15 is 0 Å². The molecule has 38 heavy (non-hydrogen) atoms. The van der Waals surface area contributed by atoms with Crippen LogP contribution in [0.1, 0.15) is 43.9 Å². The standard InChI is InChI=1S/C33H35FN2O2/c1-33(2,3)35-32(38)30(22-24-12-5-4-6-13-24)36(23-27-15-8-10-19-29(27)34)31(37)21-20-26-17-11-16-25-14-7-9-18-28(25)26/h4-19,30H,20-23H2,1-3H3,(H,35,38). The number of amides is 2. The van der Waals surface area contributed by atoms with Gasteiger partial charge in [0.25, 0.3) is 0 Å². The van der Waals surface area contributed by atoms with Gasteiger partial charge < -0.3 is 10.2 Å². The molecule has 0 saturated carbocycles. The maximum absolute atomic E-state index is 14.8. The van der Waals surface area contributed by atoms with E-state index in [-0.39, 0.29) is 24.8 Å². The van der Waals surface area contributed by atoms with E-state index in [1.165, 1.54) is 6.07 Å². The van der Waals surface area contributed by atoms with Gasteiger partial charge in [0.15, 0.2) is 0 Å². The summed E-state index contributed by atoms with van der Waals surface area (Å²) in [4.78, 5) is 29.1. The second-order valence-electron chi connectivity index (χ2n) is 10.7. The Labute approximate surface area is 224 Å². The molecule has 0 aliphatic rings. The second kappa shape index (κ2) is 12.0. The number of aryl methyl sites for hydroxylation is 1. The smallest absolute Gasteiger partial charge is 0.243 e. The largest absolute Gasteiger partial charge is 0.350 e. The van der Waals surface area contributed by atoms with Gasteiger partial charge in [-0.25, -0.2) is 4.39 Å². The van der Waals surface area contributed by atoms with Crippen LogP contribution in [0.4, 0.5) is 4.39 Å². The molecule has 2 amide bonds. The van der Waals surface area contributed by atoms with Crippen LogP contribution in [0.15, 0.2) is 97.1 Å². The van der Waals surface area contributed by atoms with Gasteiger partial charge in [0.1, 0.15) is 11.9 Å². The molecule has 1 unspecified atom stereocenters. The summed E-state index contributed by atoms with van der Waals surface area (Å²) in [5.74, 6) is -0.837. The van der Waals surface area contributed by atoms with Crippen LogP contribution in [0.3, 0.4) is 0 Å². The summed E-state index contributed by atoms with van der Waals surface area (Å²) in [5, 5.41) is 5.27. The van der Waals surface area contributed by atoms with Crippen molar-refractivity contribution in [2.24, 2.45) is 0 Å². The topological polar surface area (TPSA) is 49.4 Å².